The average Bonchev–Trinajstić information content (AvgIpc) is 3.26. The van der Waals surface area contributed by atoms with Crippen molar-refractivity contribution >= 4 is 0 Å². The van der Waals surface area contributed by atoms with Crippen LogP contribution in [-0.4, -0.2) is 11.7 Å². The Bertz CT molecular complexity index is 1110. The van der Waals surface area contributed by atoms with Gasteiger partial charge < -0.3 is 9.30 Å². The smallest absolute Gasteiger partial charge is 0.118 e. The Morgan fingerprint density at radius 2 is 1.48 bits per heavy atom. The van der Waals surface area contributed by atoms with Gasteiger partial charge in [0.1, 0.15) is 5.75 Å². The predicted octanol–water partition coefficient (Wildman–Crippen LogP) is 6.29. The summed E-state index contributed by atoms with van der Waals surface area (Å²) in [5.41, 5.74) is 9.04. The molecular formula is C25H21NO. The highest BCUT2D eigenvalue weighted by Gasteiger charge is 2.31. The maximum absolute atomic E-state index is 5.34. The predicted molar refractivity (Wildman–Crippen MR) is 111 cm³/mol. The highest BCUT2D eigenvalue weighted by molar-refractivity contribution is 5.81. The molecule has 0 fully saturated rings. The van der Waals surface area contributed by atoms with Crippen molar-refractivity contribution in [2.45, 2.75) is 12.8 Å². The summed E-state index contributed by atoms with van der Waals surface area (Å²) in [5, 5.41) is 0. The molecule has 1 aromatic heterocycles. The van der Waals surface area contributed by atoms with Crippen LogP contribution >= 0.6 is 0 Å². The number of para-hydroxylation sites is 1. The Labute approximate surface area is 159 Å². The van der Waals surface area contributed by atoms with Crippen LogP contribution in [0.15, 0.2) is 84.9 Å². The van der Waals surface area contributed by atoms with E-state index in [-0.39, 0.29) is 0 Å². The Hall–Kier alpha value is -3.26. The van der Waals surface area contributed by atoms with Gasteiger partial charge in [-0.25, -0.2) is 0 Å². The first-order chi connectivity index (χ1) is 13.3. The standard InChI is InChI=1S/C25H21NO/c1-17-21-10-6-7-11-23(21)26-24(19-8-4-3-5-9-19)16-22(25(17)26)18-12-14-20(27-2)15-13-18/h3-17H,1-2H3. The summed E-state index contributed by atoms with van der Waals surface area (Å²) in [6.07, 6.45) is 0. The quantitative estimate of drug-likeness (QED) is 0.423. The van der Waals surface area contributed by atoms with Gasteiger partial charge in [0.2, 0.25) is 0 Å². The zero-order valence-electron chi connectivity index (χ0n) is 15.5. The first-order valence-electron chi connectivity index (χ1n) is 9.32. The van der Waals surface area contributed by atoms with E-state index in [1.807, 2.05) is 12.1 Å². The van der Waals surface area contributed by atoms with Gasteiger partial charge in [0.25, 0.3) is 0 Å². The van der Waals surface area contributed by atoms with E-state index in [0.717, 1.165) is 5.75 Å². The number of hydrogen-bond acceptors (Lipinski definition) is 1. The topological polar surface area (TPSA) is 14.2 Å². The van der Waals surface area contributed by atoms with Gasteiger partial charge in [-0.15, -0.1) is 0 Å². The summed E-state index contributed by atoms with van der Waals surface area (Å²) in [6, 6.07) is 30.1. The minimum atomic E-state index is 0.357. The highest BCUT2D eigenvalue weighted by Crippen LogP contribution is 2.47. The number of nitrogens with zero attached hydrogens (tertiary/aromatic N) is 1. The van der Waals surface area contributed by atoms with Crippen LogP contribution in [0.3, 0.4) is 0 Å². The molecule has 0 radical (unpaired) electrons. The van der Waals surface area contributed by atoms with Crippen molar-refractivity contribution in [2.24, 2.45) is 0 Å². The number of methoxy groups -OCH3 is 1. The van der Waals surface area contributed by atoms with Crippen LogP contribution in [0.5, 0.6) is 5.75 Å². The molecule has 0 N–H and O–H groups in total. The summed E-state index contributed by atoms with van der Waals surface area (Å²) in [6.45, 7) is 2.31. The third-order valence-electron chi connectivity index (χ3n) is 5.56. The monoisotopic (exact) mass is 351 g/mol. The summed E-state index contributed by atoms with van der Waals surface area (Å²) in [7, 11) is 1.71. The van der Waals surface area contributed by atoms with Crippen molar-refractivity contribution in [3.05, 3.63) is 96.2 Å². The van der Waals surface area contributed by atoms with Crippen LogP contribution in [0.1, 0.15) is 24.1 Å². The second kappa shape index (κ2) is 6.17. The third kappa shape index (κ3) is 2.41. The molecule has 0 amide bonds. The highest BCUT2D eigenvalue weighted by atomic mass is 16.5. The minimum Gasteiger partial charge on any atom is -0.497 e. The summed E-state index contributed by atoms with van der Waals surface area (Å²) in [4.78, 5) is 0. The molecule has 0 bridgehead atoms. The molecular weight excluding hydrogens is 330 g/mol. The molecule has 1 aliphatic rings. The average molecular weight is 351 g/mol. The van der Waals surface area contributed by atoms with Crippen molar-refractivity contribution in [3.63, 3.8) is 0 Å². The van der Waals surface area contributed by atoms with E-state index >= 15 is 0 Å². The van der Waals surface area contributed by atoms with Crippen LogP contribution < -0.4 is 4.74 Å². The fourth-order valence-corrected chi connectivity index (χ4v) is 4.24. The maximum Gasteiger partial charge on any atom is 0.118 e. The van der Waals surface area contributed by atoms with Gasteiger partial charge in [-0.2, -0.15) is 0 Å². The zero-order valence-corrected chi connectivity index (χ0v) is 15.5. The van der Waals surface area contributed by atoms with Gasteiger partial charge >= 0.3 is 0 Å². The number of aromatic nitrogens is 1. The fourth-order valence-electron chi connectivity index (χ4n) is 4.24. The molecule has 0 saturated heterocycles. The number of benzene rings is 3. The van der Waals surface area contributed by atoms with Crippen molar-refractivity contribution in [2.75, 3.05) is 7.11 Å². The van der Waals surface area contributed by atoms with Gasteiger partial charge in [0.15, 0.2) is 0 Å². The lowest BCUT2D eigenvalue weighted by atomic mass is 9.94. The summed E-state index contributed by atoms with van der Waals surface area (Å²) in [5.74, 6) is 1.24. The second-order valence-corrected chi connectivity index (χ2v) is 7.04. The number of ether oxygens (including phenoxy) is 1. The molecule has 4 aromatic rings. The van der Waals surface area contributed by atoms with Gasteiger partial charge in [-0.05, 0) is 41.0 Å². The third-order valence-corrected chi connectivity index (χ3v) is 5.56. The lowest BCUT2D eigenvalue weighted by Crippen LogP contribution is -1.96. The van der Waals surface area contributed by atoms with E-state index in [9.17, 15) is 0 Å². The van der Waals surface area contributed by atoms with Gasteiger partial charge in [-0.1, -0.05) is 67.6 Å². The van der Waals surface area contributed by atoms with E-state index in [2.05, 4.69) is 84.3 Å². The van der Waals surface area contributed by atoms with Crippen LogP contribution in [0.2, 0.25) is 0 Å². The van der Waals surface area contributed by atoms with Crippen LogP contribution in [0.4, 0.5) is 0 Å². The molecule has 0 aliphatic carbocycles. The van der Waals surface area contributed by atoms with Crippen molar-refractivity contribution < 1.29 is 4.74 Å². The largest absolute Gasteiger partial charge is 0.497 e. The fraction of sp³-hybridized carbons (Fsp3) is 0.120. The second-order valence-electron chi connectivity index (χ2n) is 7.04. The molecule has 1 aliphatic heterocycles. The minimum absolute atomic E-state index is 0.357. The lowest BCUT2D eigenvalue weighted by molar-refractivity contribution is 0.415. The van der Waals surface area contributed by atoms with E-state index in [4.69, 9.17) is 4.74 Å². The zero-order chi connectivity index (χ0) is 18.4. The van der Waals surface area contributed by atoms with E-state index in [1.165, 1.54) is 39.3 Å². The normalized spacial score (nSPS) is 14.7. The molecule has 3 aromatic carbocycles. The SMILES string of the molecule is COc1ccc(-c2cc(-c3ccccc3)n3c2C(C)c2ccccc2-3)cc1. The van der Waals surface area contributed by atoms with E-state index in [1.54, 1.807) is 7.11 Å². The Morgan fingerprint density at radius 3 is 2.22 bits per heavy atom. The molecule has 1 atom stereocenters. The summed E-state index contributed by atoms with van der Waals surface area (Å²) < 4.78 is 7.78. The van der Waals surface area contributed by atoms with Crippen molar-refractivity contribution in [3.8, 4) is 33.8 Å². The molecule has 132 valence electrons. The molecule has 5 rings (SSSR count). The molecule has 2 nitrogen and oxygen atoms in total. The van der Waals surface area contributed by atoms with Crippen molar-refractivity contribution in [1.29, 1.82) is 0 Å². The van der Waals surface area contributed by atoms with Crippen LogP contribution in [0, 0.1) is 0 Å². The van der Waals surface area contributed by atoms with Gasteiger partial charge in [0.05, 0.1) is 12.8 Å². The first kappa shape index (κ1) is 16.0. The molecule has 2 heteroatoms. The van der Waals surface area contributed by atoms with Gasteiger partial charge in [-0.3, -0.25) is 0 Å². The summed E-state index contributed by atoms with van der Waals surface area (Å²) >= 11 is 0. The number of fused-ring (bicyclic) bond motifs is 3. The first-order valence-corrected chi connectivity index (χ1v) is 9.32. The van der Waals surface area contributed by atoms with Gasteiger partial charge in [0, 0.05) is 22.9 Å². The Kier molecular flexibility index (Phi) is 3.64. The maximum atomic E-state index is 5.34. The van der Waals surface area contributed by atoms with E-state index < -0.39 is 0 Å². The Morgan fingerprint density at radius 1 is 0.778 bits per heavy atom. The lowest BCUT2D eigenvalue weighted by Gasteiger charge is -2.09. The number of hydrogen-bond donors (Lipinski definition) is 0. The molecule has 2 heterocycles. The number of rotatable bonds is 3. The van der Waals surface area contributed by atoms with Crippen molar-refractivity contribution in [1.82, 2.24) is 4.57 Å². The molecule has 27 heavy (non-hydrogen) atoms. The Balaban J connectivity index is 1.78. The molecule has 0 spiro atoms. The van der Waals surface area contributed by atoms with Crippen LogP contribution in [-0.2, 0) is 0 Å². The molecule has 1 unspecified atom stereocenters. The molecule has 0 saturated carbocycles. The van der Waals surface area contributed by atoms with E-state index in [0.29, 0.717) is 5.92 Å². The van der Waals surface area contributed by atoms with Crippen LogP contribution in [0.25, 0.3) is 28.1 Å².